The zero-order valence-electron chi connectivity index (χ0n) is 9.68. The van der Waals surface area contributed by atoms with Crippen LogP contribution in [0.15, 0.2) is 0 Å². The Balaban J connectivity index is 1.82. The molecule has 2 unspecified atom stereocenters. The summed E-state index contributed by atoms with van der Waals surface area (Å²) in [4.78, 5) is 0. The summed E-state index contributed by atoms with van der Waals surface area (Å²) in [5, 5.41) is 3.82. The summed E-state index contributed by atoms with van der Waals surface area (Å²) >= 11 is 2.07. The normalized spacial score (nSPS) is 37.9. The highest BCUT2D eigenvalue weighted by Crippen LogP contribution is 2.39. The quantitative estimate of drug-likeness (QED) is 0.757. The van der Waals surface area contributed by atoms with Crippen molar-refractivity contribution in [2.45, 2.75) is 52.1 Å². The molecule has 2 rings (SSSR count). The van der Waals surface area contributed by atoms with Crippen LogP contribution < -0.4 is 5.32 Å². The Kier molecular flexibility index (Phi) is 3.13. The van der Waals surface area contributed by atoms with Crippen LogP contribution in [-0.2, 0) is 0 Å². The van der Waals surface area contributed by atoms with E-state index in [1.807, 2.05) is 0 Å². The van der Waals surface area contributed by atoms with Crippen LogP contribution in [0.25, 0.3) is 0 Å². The second-order valence-corrected chi connectivity index (χ2v) is 6.97. The highest BCUT2D eigenvalue weighted by molar-refractivity contribution is 8.00. The predicted octanol–water partition coefficient (Wildman–Crippen LogP) is 2.91. The Bertz CT molecular complexity index is 198. The van der Waals surface area contributed by atoms with Crippen LogP contribution in [0.2, 0.25) is 0 Å². The minimum absolute atomic E-state index is 0.589. The monoisotopic (exact) mass is 213 g/mol. The highest BCUT2D eigenvalue weighted by Gasteiger charge is 2.34. The number of rotatable bonds is 2. The van der Waals surface area contributed by atoms with E-state index >= 15 is 0 Å². The molecule has 1 aliphatic carbocycles. The van der Waals surface area contributed by atoms with Gasteiger partial charge in [0.1, 0.15) is 0 Å². The lowest BCUT2D eigenvalue weighted by Crippen LogP contribution is -2.51. The van der Waals surface area contributed by atoms with Crippen molar-refractivity contribution in [1.82, 2.24) is 5.32 Å². The second kappa shape index (κ2) is 4.05. The molecule has 2 heteroatoms. The molecule has 1 N–H and O–H groups in total. The van der Waals surface area contributed by atoms with Gasteiger partial charge in [0, 0.05) is 23.6 Å². The number of nitrogens with one attached hydrogen (secondary N) is 1. The Morgan fingerprint density at radius 2 is 2.00 bits per heavy atom. The fourth-order valence-electron chi connectivity index (χ4n) is 2.83. The van der Waals surface area contributed by atoms with Crippen molar-refractivity contribution in [2.24, 2.45) is 11.3 Å². The van der Waals surface area contributed by atoms with Crippen molar-refractivity contribution in [3.8, 4) is 0 Å². The zero-order chi connectivity index (χ0) is 10.2. The molecule has 82 valence electrons. The van der Waals surface area contributed by atoms with Gasteiger partial charge in [0.2, 0.25) is 0 Å². The van der Waals surface area contributed by atoms with E-state index < -0.39 is 0 Å². The van der Waals surface area contributed by atoms with Gasteiger partial charge in [-0.25, -0.2) is 0 Å². The number of hydrogen-bond donors (Lipinski definition) is 1. The number of thioether (sulfide) groups is 1. The first-order chi connectivity index (χ1) is 6.57. The molecule has 0 aromatic heterocycles. The van der Waals surface area contributed by atoms with E-state index in [1.54, 1.807) is 0 Å². The van der Waals surface area contributed by atoms with Crippen molar-refractivity contribution in [3.05, 3.63) is 0 Å². The molecule has 0 amide bonds. The van der Waals surface area contributed by atoms with Crippen molar-refractivity contribution in [1.29, 1.82) is 0 Å². The van der Waals surface area contributed by atoms with E-state index in [2.05, 4.69) is 37.8 Å². The van der Waals surface area contributed by atoms with E-state index in [4.69, 9.17) is 0 Å². The van der Waals surface area contributed by atoms with Gasteiger partial charge in [0.15, 0.2) is 0 Å². The van der Waals surface area contributed by atoms with Crippen LogP contribution in [-0.4, -0.2) is 23.6 Å². The predicted molar refractivity (Wildman–Crippen MR) is 64.8 cm³/mol. The summed E-state index contributed by atoms with van der Waals surface area (Å²) in [5.74, 6) is 3.54. The minimum atomic E-state index is 0.589. The van der Waals surface area contributed by atoms with Crippen molar-refractivity contribution in [3.63, 3.8) is 0 Å². The van der Waals surface area contributed by atoms with Gasteiger partial charge in [-0.05, 0) is 30.6 Å². The Morgan fingerprint density at radius 3 is 2.50 bits per heavy atom. The van der Waals surface area contributed by atoms with Crippen LogP contribution in [0, 0.1) is 11.3 Å². The first-order valence-corrected chi connectivity index (χ1v) is 7.06. The average Bonchev–Trinajstić information content (AvgIpc) is 1.98. The van der Waals surface area contributed by atoms with Gasteiger partial charge in [-0.15, -0.1) is 0 Å². The lowest BCUT2D eigenvalue weighted by Gasteiger charge is -2.42. The maximum Gasteiger partial charge on any atom is 0.0251 e. The molecular formula is C12H23NS. The van der Waals surface area contributed by atoms with Gasteiger partial charge in [-0.3, -0.25) is 0 Å². The molecule has 1 aliphatic heterocycles. The SMILES string of the molecule is CC1CC(C)(C)CCC1NC1CSC1. The largest absolute Gasteiger partial charge is 0.309 e. The third kappa shape index (κ3) is 2.46. The van der Waals surface area contributed by atoms with Crippen molar-refractivity contribution < 1.29 is 0 Å². The molecule has 0 bridgehead atoms. The summed E-state index contributed by atoms with van der Waals surface area (Å²) < 4.78 is 0. The van der Waals surface area contributed by atoms with E-state index in [0.717, 1.165) is 18.0 Å². The Labute approximate surface area is 92.4 Å². The van der Waals surface area contributed by atoms with Crippen LogP contribution in [0.1, 0.15) is 40.0 Å². The first kappa shape index (κ1) is 10.8. The van der Waals surface area contributed by atoms with Crippen LogP contribution >= 0.6 is 11.8 Å². The standard InChI is InChI=1S/C12H23NS/c1-9-6-12(2,3)5-4-11(9)13-10-7-14-8-10/h9-11,13H,4-8H2,1-3H3. The van der Waals surface area contributed by atoms with Crippen molar-refractivity contribution in [2.75, 3.05) is 11.5 Å². The summed E-state index contributed by atoms with van der Waals surface area (Å²) in [5.41, 5.74) is 0.589. The molecule has 1 saturated carbocycles. The lowest BCUT2D eigenvalue weighted by molar-refractivity contribution is 0.144. The molecule has 2 fully saturated rings. The molecule has 0 radical (unpaired) electrons. The minimum Gasteiger partial charge on any atom is -0.309 e. The Hall–Kier alpha value is 0.310. The Morgan fingerprint density at radius 1 is 1.29 bits per heavy atom. The first-order valence-electron chi connectivity index (χ1n) is 5.91. The smallest absolute Gasteiger partial charge is 0.0251 e. The van der Waals surface area contributed by atoms with Gasteiger partial charge in [-0.1, -0.05) is 20.8 Å². The van der Waals surface area contributed by atoms with Gasteiger partial charge >= 0.3 is 0 Å². The molecule has 0 spiro atoms. The summed E-state index contributed by atoms with van der Waals surface area (Å²) in [6.07, 6.45) is 4.18. The van der Waals surface area contributed by atoms with Gasteiger partial charge < -0.3 is 5.32 Å². The van der Waals surface area contributed by atoms with E-state index in [0.29, 0.717) is 5.41 Å². The molecule has 0 aromatic rings. The fraction of sp³-hybridized carbons (Fsp3) is 1.00. The summed E-state index contributed by atoms with van der Waals surface area (Å²) in [6.45, 7) is 7.25. The van der Waals surface area contributed by atoms with E-state index in [-0.39, 0.29) is 0 Å². The van der Waals surface area contributed by atoms with Crippen molar-refractivity contribution >= 4 is 11.8 Å². The molecule has 1 saturated heterocycles. The summed E-state index contributed by atoms with van der Waals surface area (Å²) in [7, 11) is 0. The van der Waals surface area contributed by atoms with Gasteiger partial charge in [0.25, 0.3) is 0 Å². The highest BCUT2D eigenvalue weighted by atomic mass is 32.2. The van der Waals surface area contributed by atoms with E-state index in [9.17, 15) is 0 Å². The van der Waals surface area contributed by atoms with Crippen LogP contribution in [0.4, 0.5) is 0 Å². The molecule has 0 aromatic carbocycles. The molecule has 2 atom stereocenters. The molecule has 1 nitrogen and oxygen atoms in total. The average molecular weight is 213 g/mol. The van der Waals surface area contributed by atoms with Gasteiger partial charge in [-0.2, -0.15) is 11.8 Å². The molecule has 1 heterocycles. The molecule has 14 heavy (non-hydrogen) atoms. The van der Waals surface area contributed by atoms with Crippen LogP contribution in [0.3, 0.4) is 0 Å². The molecular weight excluding hydrogens is 190 g/mol. The number of hydrogen-bond acceptors (Lipinski definition) is 2. The van der Waals surface area contributed by atoms with Gasteiger partial charge in [0.05, 0.1) is 0 Å². The van der Waals surface area contributed by atoms with Crippen LogP contribution in [0.5, 0.6) is 0 Å². The maximum absolute atomic E-state index is 3.82. The fourth-order valence-corrected chi connectivity index (χ4v) is 3.49. The van der Waals surface area contributed by atoms with E-state index in [1.165, 1.54) is 30.8 Å². The summed E-state index contributed by atoms with van der Waals surface area (Å²) in [6, 6.07) is 1.63. The zero-order valence-corrected chi connectivity index (χ0v) is 10.5. The molecule has 2 aliphatic rings. The second-order valence-electron chi connectivity index (χ2n) is 5.89. The lowest BCUT2D eigenvalue weighted by atomic mass is 9.70. The third-order valence-electron chi connectivity index (χ3n) is 3.78. The third-order valence-corrected chi connectivity index (χ3v) is 5.06. The maximum atomic E-state index is 3.82. The topological polar surface area (TPSA) is 12.0 Å².